The fourth-order valence-corrected chi connectivity index (χ4v) is 6.25. The average Bonchev–Trinajstić information content (AvgIpc) is 2.70. The largest absolute Gasteiger partial charge is 0.313 e. The first-order chi connectivity index (χ1) is 8.87. The molecule has 0 aromatic heterocycles. The summed E-state index contributed by atoms with van der Waals surface area (Å²) in [5, 5.41) is 7.71. The Morgan fingerprint density at radius 1 is 1.32 bits per heavy atom. The van der Waals surface area contributed by atoms with Gasteiger partial charge in [-0.05, 0) is 12.1 Å². The van der Waals surface area contributed by atoms with E-state index >= 15 is 0 Å². The Morgan fingerprint density at radius 3 is 2.74 bits per heavy atom. The molecular formula is C11H10F2N2O2S2. The molecule has 4 nitrogen and oxygen atoms in total. The van der Waals surface area contributed by atoms with E-state index in [-0.39, 0.29) is 27.6 Å². The molecule has 0 bridgehead atoms. The second kappa shape index (κ2) is 4.17. The molecule has 2 atom stereocenters. The summed E-state index contributed by atoms with van der Waals surface area (Å²) in [5.41, 5.74) is 0.0588. The van der Waals surface area contributed by atoms with Crippen LogP contribution in [0.5, 0.6) is 0 Å². The number of nitrogens with zero attached hydrogens (tertiary/aromatic N) is 1. The van der Waals surface area contributed by atoms with Crippen LogP contribution < -0.4 is 4.90 Å². The molecule has 0 unspecified atom stereocenters. The number of nitrogens with one attached hydrogen (secondary N) is 1. The van der Waals surface area contributed by atoms with Gasteiger partial charge in [-0.3, -0.25) is 5.41 Å². The van der Waals surface area contributed by atoms with Crippen LogP contribution in [0.25, 0.3) is 0 Å². The summed E-state index contributed by atoms with van der Waals surface area (Å²) in [6, 6.07) is 2.65. The van der Waals surface area contributed by atoms with Crippen LogP contribution in [0.3, 0.4) is 0 Å². The molecule has 1 aromatic rings. The molecule has 3 rings (SSSR count). The van der Waals surface area contributed by atoms with Crippen molar-refractivity contribution in [1.82, 2.24) is 0 Å². The Hall–Kier alpha value is -1.15. The van der Waals surface area contributed by atoms with Crippen LogP contribution in [-0.4, -0.2) is 36.4 Å². The number of halogens is 2. The number of rotatable bonds is 1. The molecule has 2 saturated heterocycles. The molecule has 8 heteroatoms. The number of hydrogen-bond donors (Lipinski definition) is 1. The van der Waals surface area contributed by atoms with Crippen LogP contribution >= 0.6 is 11.8 Å². The van der Waals surface area contributed by atoms with Gasteiger partial charge in [-0.1, -0.05) is 11.8 Å². The highest BCUT2D eigenvalue weighted by Gasteiger charge is 2.49. The summed E-state index contributed by atoms with van der Waals surface area (Å²) in [5.74, 6) is -1.57. The van der Waals surface area contributed by atoms with E-state index in [4.69, 9.17) is 5.41 Å². The standard InChI is InChI=1S/C11H10F2N2O2S2/c12-6-1-2-8(7(13)3-6)15-9-4-19(16,17)5-10(9)18-11(15)14/h1-3,9-10,14H,4-5H2/t9-,10-/m0/s1. The van der Waals surface area contributed by atoms with E-state index in [9.17, 15) is 17.2 Å². The molecule has 1 aromatic carbocycles. The number of thioether (sulfide) groups is 1. The van der Waals surface area contributed by atoms with E-state index in [1.807, 2.05) is 0 Å². The smallest absolute Gasteiger partial charge is 0.161 e. The van der Waals surface area contributed by atoms with E-state index in [0.29, 0.717) is 0 Å². The van der Waals surface area contributed by atoms with Gasteiger partial charge in [-0.15, -0.1) is 0 Å². The highest BCUT2D eigenvalue weighted by atomic mass is 32.2. The number of amidine groups is 1. The Labute approximate surface area is 113 Å². The lowest BCUT2D eigenvalue weighted by Gasteiger charge is -2.24. The molecule has 0 radical (unpaired) electrons. The number of fused-ring (bicyclic) bond motifs is 1. The Kier molecular flexibility index (Phi) is 2.82. The van der Waals surface area contributed by atoms with E-state index in [0.717, 1.165) is 23.9 Å². The fourth-order valence-electron chi connectivity index (χ4n) is 2.47. The van der Waals surface area contributed by atoms with Crippen LogP contribution in [0.1, 0.15) is 0 Å². The minimum absolute atomic E-state index is 0.00400. The summed E-state index contributed by atoms with van der Waals surface area (Å²) in [7, 11) is -3.15. The van der Waals surface area contributed by atoms with Gasteiger partial charge in [-0.2, -0.15) is 0 Å². The van der Waals surface area contributed by atoms with Gasteiger partial charge in [0.2, 0.25) is 0 Å². The van der Waals surface area contributed by atoms with Gasteiger partial charge in [0.1, 0.15) is 11.6 Å². The summed E-state index contributed by atoms with van der Waals surface area (Å²) >= 11 is 1.12. The topological polar surface area (TPSA) is 61.2 Å². The van der Waals surface area contributed by atoms with Crippen LogP contribution in [0.15, 0.2) is 18.2 Å². The zero-order valence-corrected chi connectivity index (χ0v) is 11.3. The first-order valence-electron chi connectivity index (χ1n) is 5.57. The van der Waals surface area contributed by atoms with Crippen molar-refractivity contribution in [3.63, 3.8) is 0 Å². The summed E-state index contributed by atoms with van der Waals surface area (Å²) in [6.07, 6.45) is 0. The molecule has 0 aliphatic carbocycles. The molecule has 102 valence electrons. The van der Waals surface area contributed by atoms with Crippen molar-refractivity contribution in [2.45, 2.75) is 11.3 Å². The zero-order chi connectivity index (χ0) is 13.8. The molecule has 19 heavy (non-hydrogen) atoms. The van der Waals surface area contributed by atoms with Crippen LogP contribution in [0, 0.1) is 17.0 Å². The van der Waals surface area contributed by atoms with Crippen LogP contribution in [-0.2, 0) is 9.84 Å². The van der Waals surface area contributed by atoms with Gasteiger partial charge in [0.25, 0.3) is 0 Å². The first kappa shape index (κ1) is 12.9. The summed E-state index contributed by atoms with van der Waals surface area (Å²) < 4.78 is 49.9. The van der Waals surface area contributed by atoms with Crippen molar-refractivity contribution in [2.24, 2.45) is 0 Å². The second-order valence-corrected chi connectivity index (χ2v) is 7.95. The monoisotopic (exact) mass is 304 g/mol. The molecule has 0 spiro atoms. The van der Waals surface area contributed by atoms with Gasteiger partial charge >= 0.3 is 0 Å². The molecule has 2 aliphatic rings. The third-order valence-electron chi connectivity index (χ3n) is 3.25. The van der Waals surface area contributed by atoms with Gasteiger partial charge in [-0.25, -0.2) is 17.2 Å². The molecular weight excluding hydrogens is 294 g/mol. The highest BCUT2D eigenvalue weighted by molar-refractivity contribution is 8.15. The third kappa shape index (κ3) is 2.12. The van der Waals surface area contributed by atoms with Crippen molar-refractivity contribution >= 4 is 32.5 Å². The highest BCUT2D eigenvalue weighted by Crippen LogP contribution is 2.40. The number of hydrogen-bond acceptors (Lipinski definition) is 4. The third-order valence-corrected chi connectivity index (χ3v) is 6.39. The van der Waals surface area contributed by atoms with Crippen molar-refractivity contribution < 1.29 is 17.2 Å². The molecule has 0 amide bonds. The van der Waals surface area contributed by atoms with Gasteiger partial charge in [0.15, 0.2) is 15.0 Å². The fraction of sp³-hybridized carbons (Fsp3) is 0.364. The number of benzene rings is 1. The molecule has 1 N–H and O–H groups in total. The Bertz CT molecular complexity index is 663. The average molecular weight is 304 g/mol. The van der Waals surface area contributed by atoms with Crippen molar-refractivity contribution in [2.75, 3.05) is 16.4 Å². The van der Waals surface area contributed by atoms with Gasteiger partial charge in [0, 0.05) is 11.3 Å². The predicted molar refractivity (Wildman–Crippen MR) is 70.4 cm³/mol. The van der Waals surface area contributed by atoms with Crippen LogP contribution in [0.4, 0.5) is 14.5 Å². The first-order valence-corrected chi connectivity index (χ1v) is 8.27. The van der Waals surface area contributed by atoms with Crippen molar-refractivity contribution in [3.8, 4) is 0 Å². The minimum Gasteiger partial charge on any atom is -0.313 e. The quantitative estimate of drug-likeness (QED) is 0.856. The Morgan fingerprint density at radius 2 is 2.05 bits per heavy atom. The lowest BCUT2D eigenvalue weighted by atomic mass is 10.2. The number of anilines is 1. The Balaban J connectivity index is 2.02. The lowest BCUT2D eigenvalue weighted by molar-refractivity contribution is 0.579. The molecule has 0 saturated carbocycles. The lowest BCUT2D eigenvalue weighted by Crippen LogP contribution is -2.37. The maximum Gasteiger partial charge on any atom is 0.161 e. The van der Waals surface area contributed by atoms with Gasteiger partial charge < -0.3 is 4.90 Å². The normalized spacial score (nSPS) is 28.7. The maximum absolute atomic E-state index is 13.8. The molecule has 2 aliphatic heterocycles. The maximum atomic E-state index is 13.8. The summed E-state index contributed by atoms with van der Waals surface area (Å²) in [6.45, 7) is 0. The van der Waals surface area contributed by atoms with E-state index in [1.165, 1.54) is 11.0 Å². The second-order valence-electron chi connectivity index (χ2n) is 4.57. The van der Waals surface area contributed by atoms with Crippen molar-refractivity contribution in [3.05, 3.63) is 29.8 Å². The van der Waals surface area contributed by atoms with Gasteiger partial charge in [0.05, 0.1) is 23.2 Å². The van der Waals surface area contributed by atoms with Crippen LogP contribution in [0.2, 0.25) is 0 Å². The SMILES string of the molecule is N=C1S[C@H]2CS(=O)(=O)C[C@@H]2N1c1ccc(F)cc1F. The van der Waals surface area contributed by atoms with E-state index in [2.05, 4.69) is 0 Å². The summed E-state index contributed by atoms with van der Waals surface area (Å²) in [4.78, 5) is 1.36. The molecule has 2 fully saturated rings. The minimum atomic E-state index is -3.15. The molecule has 2 heterocycles. The predicted octanol–water partition coefficient (Wildman–Crippen LogP) is 1.62. The zero-order valence-electron chi connectivity index (χ0n) is 9.64. The van der Waals surface area contributed by atoms with Crippen molar-refractivity contribution in [1.29, 1.82) is 5.41 Å². The number of sulfone groups is 1. The van der Waals surface area contributed by atoms with E-state index in [1.54, 1.807) is 0 Å². The van der Waals surface area contributed by atoms with E-state index < -0.39 is 27.5 Å².